The van der Waals surface area contributed by atoms with Gasteiger partial charge in [-0.3, -0.25) is 10.1 Å². The lowest BCUT2D eigenvalue weighted by Gasteiger charge is -2.06. The van der Waals surface area contributed by atoms with Crippen molar-refractivity contribution in [3.05, 3.63) is 39.7 Å². The van der Waals surface area contributed by atoms with E-state index in [0.717, 1.165) is 12.1 Å². The fourth-order valence-electron chi connectivity index (χ4n) is 1.11. The van der Waals surface area contributed by atoms with Gasteiger partial charge in [-0.15, -0.1) is 0 Å². The first-order valence-corrected chi connectivity index (χ1v) is 5.03. The lowest BCUT2D eigenvalue weighted by Crippen LogP contribution is -2.10. The predicted molar refractivity (Wildman–Crippen MR) is 58.2 cm³/mol. The van der Waals surface area contributed by atoms with Crippen LogP contribution in [0.5, 0.6) is 0 Å². The molecule has 0 unspecified atom stereocenters. The highest BCUT2D eigenvalue weighted by Gasteiger charge is 2.17. The zero-order valence-corrected chi connectivity index (χ0v) is 9.47. The molecule has 0 bridgehead atoms. The van der Waals surface area contributed by atoms with E-state index in [-0.39, 0.29) is 18.1 Å². The summed E-state index contributed by atoms with van der Waals surface area (Å²) in [6, 6.07) is 2.92. The van der Waals surface area contributed by atoms with E-state index in [1.807, 2.05) is 13.8 Å². The van der Waals surface area contributed by atoms with Gasteiger partial charge in [0.15, 0.2) is 0 Å². The maximum atomic E-state index is 13.2. The molecule has 0 aromatic heterocycles. The molecule has 0 radical (unpaired) electrons. The van der Waals surface area contributed by atoms with Crippen molar-refractivity contribution in [2.24, 2.45) is 5.92 Å². The minimum absolute atomic E-state index is 0.0336. The number of ether oxygens (including phenoxy) is 1. The van der Waals surface area contributed by atoms with Gasteiger partial charge in [-0.2, -0.15) is 4.39 Å². The van der Waals surface area contributed by atoms with Gasteiger partial charge in [-0.05, 0) is 18.1 Å². The summed E-state index contributed by atoms with van der Waals surface area (Å²) in [7, 11) is 0. The molecule has 0 atom stereocenters. The molecule has 0 saturated carbocycles. The number of nitro benzene ring substituents is 1. The van der Waals surface area contributed by atoms with Gasteiger partial charge >= 0.3 is 11.7 Å². The average Bonchev–Trinajstić information content (AvgIpc) is 2.25. The first-order valence-electron chi connectivity index (χ1n) is 5.03. The number of esters is 1. The van der Waals surface area contributed by atoms with Crippen molar-refractivity contribution in [1.29, 1.82) is 0 Å². The van der Waals surface area contributed by atoms with E-state index in [4.69, 9.17) is 4.74 Å². The second kappa shape index (κ2) is 5.38. The molecular weight excluding hydrogens is 229 g/mol. The summed E-state index contributed by atoms with van der Waals surface area (Å²) >= 11 is 0. The lowest BCUT2D eigenvalue weighted by molar-refractivity contribution is -0.387. The Morgan fingerprint density at radius 1 is 1.53 bits per heavy atom. The maximum absolute atomic E-state index is 13.2. The minimum Gasteiger partial charge on any atom is -0.462 e. The molecule has 1 rings (SSSR count). The van der Waals surface area contributed by atoms with Crippen LogP contribution in [0, 0.1) is 21.8 Å². The number of carbonyl (C=O) groups excluding carboxylic acids is 1. The summed E-state index contributed by atoms with van der Waals surface area (Å²) in [4.78, 5) is 20.9. The third kappa shape index (κ3) is 3.51. The van der Waals surface area contributed by atoms with Crippen LogP contribution in [0.3, 0.4) is 0 Å². The molecule has 17 heavy (non-hydrogen) atoms. The van der Waals surface area contributed by atoms with Gasteiger partial charge in [0.1, 0.15) is 0 Å². The van der Waals surface area contributed by atoms with Gasteiger partial charge in [-0.25, -0.2) is 4.79 Å². The van der Waals surface area contributed by atoms with E-state index in [1.165, 1.54) is 6.07 Å². The number of halogens is 1. The molecule has 0 aliphatic rings. The van der Waals surface area contributed by atoms with Crippen molar-refractivity contribution in [3.8, 4) is 0 Å². The molecule has 0 saturated heterocycles. The van der Waals surface area contributed by atoms with Crippen molar-refractivity contribution >= 4 is 11.7 Å². The molecule has 0 aliphatic heterocycles. The highest BCUT2D eigenvalue weighted by molar-refractivity contribution is 5.89. The van der Waals surface area contributed by atoms with Gasteiger partial charge in [0.25, 0.3) is 0 Å². The number of nitro groups is 1. The Hall–Kier alpha value is -1.98. The standard InChI is InChI=1S/C11H12FNO4/c1-7(2)6-17-11(14)8-3-4-10(13(15)16)9(12)5-8/h3-5,7H,6H2,1-2H3. The van der Waals surface area contributed by atoms with Crippen molar-refractivity contribution in [2.75, 3.05) is 6.61 Å². The molecule has 1 aromatic carbocycles. The number of hydrogen-bond donors (Lipinski definition) is 0. The largest absolute Gasteiger partial charge is 0.462 e. The van der Waals surface area contributed by atoms with Crippen LogP contribution in [0.1, 0.15) is 24.2 Å². The Morgan fingerprint density at radius 2 is 2.18 bits per heavy atom. The molecule has 6 heteroatoms. The van der Waals surface area contributed by atoms with Gasteiger partial charge < -0.3 is 4.74 Å². The fourth-order valence-corrected chi connectivity index (χ4v) is 1.11. The van der Waals surface area contributed by atoms with E-state index >= 15 is 0 Å². The van der Waals surface area contributed by atoms with Gasteiger partial charge in [-0.1, -0.05) is 13.8 Å². The topological polar surface area (TPSA) is 69.4 Å². The number of nitrogens with zero attached hydrogens (tertiary/aromatic N) is 1. The molecule has 0 amide bonds. The molecule has 5 nitrogen and oxygen atoms in total. The van der Waals surface area contributed by atoms with Gasteiger partial charge in [0, 0.05) is 6.07 Å². The molecule has 0 heterocycles. The van der Waals surface area contributed by atoms with Crippen molar-refractivity contribution < 1.29 is 18.8 Å². The van der Waals surface area contributed by atoms with E-state index in [0.29, 0.717) is 0 Å². The minimum atomic E-state index is -1.05. The molecule has 0 N–H and O–H groups in total. The zero-order chi connectivity index (χ0) is 13.0. The zero-order valence-electron chi connectivity index (χ0n) is 9.47. The quantitative estimate of drug-likeness (QED) is 0.461. The summed E-state index contributed by atoms with van der Waals surface area (Å²) < 4.78 is 18.1. The van der Waals surface area contributed by atoms with E-state index in [2.05, 4.69) is 0 Å². The Labute approximate surface area is 97.3 Å². The molecule has 0 spiro atoms. The summed E-state index contributed by atoms with van der Waals surface area (Å²) in [6.07, 6.45) is 0. The summed E-state index contributed by atoms with van der Waals surface area (Å²) in [5, 5.41) is 10.4. The van der Waals surface area contributed by atoms with Crippen LogP contribution < -0.4 is 0 Å². The monoisotopic (exact) mass is 241 g/mol. The Bertz CT molecular complexity index is 445. The van der Waals surface area contributed by atoms with Crippen LogP contribution in [0.15, 0.2) is 18.2 Å². The first-order chi connectivity index (χ1) is 7.91. The smallest absolute Gasteiger partial charge is 0.338 e. The lowest BCUT2D eigenvalue weighted by atomic mass is 10.2. The summed E-state index contributed by atoms with van der Waals surface area (Å²) in [5.74, 6) is -1.57. The summed E-state index contributed by atoms with van der Waals surface area (Å²) in [6.45, 7) is 3.95. The van der Waals surface area contributed by atoms with Crippen LogP contribution in [-0.4, -0.2) is 17.5 Å². The van der Waals surface area contributed by atoms with Crippen LogP contribution in [0.25, 0.3) is 0 Å². The van der Waals surface area contributed by atoms with Crippen LogP contribution in [-0.2, 0) is 4.74 Å². The van der Waals surface area contributed by atoms with Crippen LogP contribution in [0.4, 0.5) is 10.1 Å². The Kier molecular flexibility index (Phi) is 4.14. The second-order valence-electron chi connectivity index (χ2n) is 3.92. The number of carbonyl (C=O) groups is 1. The van der Waals surface area contributed by atoms with Crippen molar-refractivity contribution in [1.82, 2.24) is 0 Å². The van der Waals surface area contributed by atoms with Crippen LogP contribution in [0.2, 0.25) is 0 Å². The van der Waals surface area contributed by atoms with Gasteiger partial charge in [0.2, 0.25) is 5.82 Å². The molecule has 0 fully saturated rings. The molecule has 92 valence electrons. The highest BCUT2D eigenvalue weighted by Crippen LogP contribution is 2.18. The predicted octanol–water partition coefficient (Wildman–Crippen LogP) is 2.55. The Morgan fingerprint density at radius 3 is 2.65 bits per heavy atom. The SMILES string of the molecule is CC(C)COC(=O)c1ccc([N+](=O)[O-])c(F)c1. The fraction of sp³-hybridized carbons (Fsp3) is 0.364. The maximum Gasteiger partial charge on any atom is 0.338 e. The molecule has 0 aliphatic carbocycles. The average molecular weight is 241 g/mol. The first kappa shape index (κ1) is 13.1. The molecule has 1 aromatic rings. The van der Waals surface area contributed by atoms with E-state index < -0.39 is 22.4 Å². The number of hydrogen-bond acceptors (Lipinski definition) is 4. The second-order valence-corrected chi connectivity index (χ2v) is 3.92. The normalized spacial score (nSPS) is 10.4. The number of rotatable bonds is 4. The third-order valence-electron chi connectivity index (χ3n) is 1.93. The molecular formula is C11H12FNO4. The van der Waals surface area contributed by atoms with E-state index in [9.17, 15) is 19.3 Å². The number of benzene rings is 1. The van der Waals surface area contributed by atoms with Gasteiger partial charge in [0.05, 0.1) is 17.1 Å². The van der Waals surface area contributed by atoms with E-state index in [1.54, 1.807) is 0 Å². The van der Waals surface area contributed by atoms with Crippen molar-refractivity contribution in [3.63, 3.8) is 0 Å². The third-order valence-corrected chi connectivity index (χ3v) is 1.93. The van der Waals surface area contributed by atoms with Crippen LogP contribution >= 0.6 is 0 Å². The van der Waals surface area contributed by atoms with Crippen molar-refractivity contribution in [2.45, 2.75) is 13.8 Å². The highest BCUT2D eigenvalue weighted by atomic mass is 19.1. The summed E-state index contributed by atoms with van der Waals surface area (Å²) in [5.41, 5.74) is -0.695. The Balaban J connectivity index is 2.83.